The van der Waals surface area contributed by atoms with Crippen LogP contribution in [-0.2, 0) is 10.6 Å². The number of alkyl carbamates (subject to hydrolysis) is 1. The Morgan fingerprint density at radius 3 is 2.53 bits per heavy atom. The van der Waals surface area contributed by atoms with Crippen LogP contribution in [0.2, 0.25) is 0 Å². The van der Waals surface area contributed by atoms with Crippen molar-refractivity contribution in [2.45, 2.75) is 52.1 Å². The largest absolute Gasteiger partial charge is 0.444 e. The summed E-state index contributed by atoms with van der Waals surface area (Å²) in [5.74, 6) is 0.961. The van der Waals surface area contributed by atoms with Crippen molar-refractivity contribution in [3.05, 3.63) is 11.7 Å². The van der Waals surface area contributed by atoms with Gasteiger partial charge in [-0.1, -0.05) is 19.0 Å². The number of carbonyl (C=O) groups excluding carboxylic acids is 1. The van der Waals surface area contributed by atoms with Gasteiger partial charge in [-0.25, -0.2) is 4.79 Å². The van der Waals surface area contributed by atoms with Gasteiger partial charge in [0, 0.05) is 0 Å². The van der Waals surface area contributed by atoms with Gasteiger partial charge < -0.3 is 14.6 Å². The number of hydrogen-bond donors (Lipinski definition) is 1. The molecular weight excluding hydrogens is 270 g/mol. The minimum absolute atomic E-state index is 0.0910. The van der Waals surface area contributed by atoms with Crippen LogP contribution in [0.1, 0.15) is 52.4 Å². The number of aromatic nitrogens is 2. The van der Waals surface area contributed by atoms with E-state index in [1.165, 1.54) is 0 Å². The molecule has 6 nitrogen and oxygen atoms in total. The van der Waals surface area contributed by atoms with Gasteiger partial charge in [0.25, 0.3) is 0 Å². The number of hydrogen-bond acceptors (Lipinski definition) is 5. The summed E-state index contributed by atoms with van der Waals surface area (Å²) in [4.78, 5) is 15.9. The Morgan fingerprint density at radius 2 is 2.11 bits per heavy atom. The molecule has 1 amide bonds. The van der Waals surface area contributed by atoms with Crippen LogP contribution in [-0.4, -0.2) is 21.8 Å². The third-order valence-electron chi connectivity index (χ3n) is 2.22. The molecule has 0 fully saturated rings. The van der Waals surface area contributed by atoms with Crippen LogP contribution >= 0.6 is 11.6 Å². The lowest BCUT2D eigenvalue weighted by Gasteiger charge is -2.23. The molecule has 1 N–H and O–H groups in total. The van der Waals surface area contributed by atoms with E-state index in [9.17, 15) is 4.79 Å². The fraction of sp³-hybridized carbons (Fsp3) is 0.750. The Morgan fingerprint density at radius 1 is 1.47 bits per heavy atom. The summed E-state index contributed by atoms with van der Waals surface area (Å²) < 4.78 is 10.2. The van der Waals surface area contributed by atoms with E-state index in [1.54, 1.807) is 20.8 Å². The highest BCUT2D eigenvalue weighted by Crippen LogP contribution is 2.20. The number of nitrogens with zero attached hydrogens (tertiary/aromatic N) is 2. The predicted molar refractivity (Wildman–Crippen MR) is 70.8 cm³/mol. The summed E-state index contributed by atoms with van der Waals surface area (Å²) in [5, 5.41) is 6.55. The van der Waals surface area contributed by atoms with Gasteiger partial charge >= 0.3 is 6.09 Å². The van der Waals surface area contributed by atoms with Crippen LogP contribution in [0, 0.1) is 5.92 Å². The van der Waals surface area contributed by atoms with Crippen LogP contribution < -0.4 is 5.32 Å². The van der Waals surface area contributed by atoms with Crippen molar-refractivity contribution >= 4 is 17.7 Å². The van der Waals surface area contributed by atoms with E-state index in [0.29, 0.717) is 11.7 Å². The molecule has 19 heavy (non-hydrogen) atoms. The fourth-order valence-electron chi connectivity index (χ4n) is 1.41. The summed E-state index contributed by atoms with van der Waals surface area (Å²) in [5.41, 5.74) is -0.551. The Labute approximate surface area is 117 Å². The third kappa shape index (κ3) is 5.06. The second-order valence-electron chi connectivity index (χ2n) is 5.55. The van der Waals surface area contributed by atoms with Crippen molar-refractivity contribution in [1.82, 2.24) is 15.5 Å². The number of amides is 1. The van der Waals surface area contributed by atoms with Crippen molar-refractivity contribution in [2.24, 2.45) is 5.92 Å². The first-order valence-electron chi connectivity index (χ1n) is 6.11. The van der Waals surface area contributed by atoms with Crippen molar-refractivity contribution in [3.8, 4) is 0 Å². The molecule has 1 rings (SSSR count). The van der Waals surface area contributed by atoms with Gasteiger partial charge in [0.2, 0.25) is 5.89 Å². The molecule has 1 aromatic heterocycles. The average Bonchev–Trinajstić information content (AvgIpc) is 2.71. The molecule has 1 aromatic rings. The first-order chi connectivity index (χ1) is 8.73. The van der Waals surface area contributed by atoms with E-state index < -0.39 is 11.7 Å². The van der Waals surface area contributed by atoms with Gasteiger partial charge in [0.05, 0.1) is 6.04 Å². The third-order valence-corrected chi connectivity index (χ3v) is 2.44. The van der Waals surface area contributed by atoms with Gasteiger partial charge in [0.15, 0.2) is 5.82 Å². The van der Waals surface area contributed by atoms with Crippen LogP contribution in [0.4, 0.5) is 4.79 Å². The average molecular weight is 290 g/mol. The maximum atomic E-state index is 11.8. The number of carbonyl (C=O) groups is 1. The smallest absolute Gasteiger partial charge is 0.408 e. The highest BCUT2D eigenvalue weighted by molar-refractivity contribution is 6.16. The zero-order valence-electron chi connectivity index (χ0n) is 11.9. The van der Waals surface area contributed by atoms with Crippen molar-refractivity contribution in [3.63, 3.8) is 0 Å². The lowest BCUT2D eigenvalue weighted by molar-refractivity contribution is 0.0486. The van der Waals surface area contributed by atoms with E-state index >= 15 is 0 Å². The number of rotatable bonds is 4. The maximum absolute atomic E-state index is 11.8. The number of halogens is 1. The van der Waals surface area contributed by atoms with E-state index in [0.717, 1.165) is 0 Å². The van der Waals surface area contributed by atoms with Crippen molar-refractivity contribution in [2.75, 3.05) is 0 Å². The maximum Gasteiger partial charge on any atom is 0.408 e. The van der Waals surface area contributed by atoms with Gasteiger partial charge in [-0.2, -0.15) is 4.98 Å². The van der Waals surface area contributed by atoms with Gasteiger partial charge in [-0.15, -0.1) is 11.6 Å². The summed E-state index contributed by atoms with van der Waals surface area (Å²) >= 11 is 5.61. The molecule has 0 aliphatic heterocycles. The molecule has 0 saturated carbocycles. The Kier molecular flexibility index (Phi) is 5.17. The van der Waals surface area contributed by atoms with Gasteiger partial charge in [-0.05, 0) is 26.7 Å². The second-order valence-corrected chi connectivity index (χ2v) is 5.82. The van der Waals surface area contributed by atoms with Gasteiger partial charge in [-0.3, -0.25) is 0 Å². The van der Waals surface area contributed by atoms with Crippen LogP contribution in [0.3, 0.4) is 0 Å². The molecule has 1 heterocycles. The van der Waals surface area contributed by atoms with Crippen molar-refractivity contribution < 1.29 is 14.1 Å². The zero-order chi connectivity index (χ0) is 14.6. The molecule has 7 heteroatoms. The molecule has 0 saturated heterocycles. The molecule has 1 atom stereocenters. The predicted octanol–water partition coefficient (Wildman–Crippen LogP) is 3.03. The van der Waals surface area contributed by atoms with Crippen LogP contribution in [0.5, 0.6) is 0 Å². The van der Waals surface area contributed by atoms with E-state index in [4.69, 9.17) is 20.9 Å². The molecule has 0 bridgehead atoms. The molecule has 0 radical (unpaired) electrons. The number of alkyl halides is 1. The minimum Gasteiger partial charge on any atom is -0.444 e. The Balaban J connectivity index is 2.76. The monoisotopic (exact) mass is 289 g/mol. The molecule has 0 aliphatic carbocycles. The SMILES string of the molecule is CC(C)[C@@H](NC(=O)OC(C)(C)C)c1noc(CCl)n1. The lowest BCUT2D eigenvalue weighted by atomic mass is 10.0. The second kappa shape index (κ2) is 6.23. The zero-order valence-corrected chi connectivity index (χ0v) is 12.6. The van der Waals surface area contributed by atoms with Crippen LogP contribution in [0.15, 0.2) is 4.52 Å². The van der Waals surface area contributed by atoms with E-state index in [1.807, 2.05) is 13.8 Å². The standard InChI is InChI=1S/C12H20ClN3O3/c1-7(2)9(10-14-8(6-13)19-16-10)15-11(17)18-12(3,4)5/h7,9H,6H2,1-5H3,(H,15,17)/t9-/m1/s1. The quantitative estimate of drug-likeness (QED) is 0.862. The molecule has 0 aromatic carbocycles. The lowest BCUT2D eigenvalue weighted by Crippen LogP contribution is -2.37. The fourth-order valence-corrected chi connectivity index (χ4v) is 1.52. The molecule has 0 aliphatic rings. The summed E-state index contributed by atoms with van der Waals surface area (Å²) in [6, 6.07) is -0.379. The first kappa shape index (κ1) is 15.8. The van der Waals surface area contributed by atoms with Crippen LogP contribution in [0.25, 0.3) is 0 Å². The minimum atomic E-state index is -0.551. The number of nitrogens with one attached hydrogen (secondary N) is 1. The molecule has 0 unspecified atom stereocenters. The summed E-state index contributed by atoms with van der Waals surface area (Å²) in [6.07, 6.45) is -0.511. The first-order valence-corrected chi connectivity index (χ1v) is 6.64. The summed E-state index contributed by atoms with van der Waals surface area (Å²) in [7, 11) is 0. The van der Waals surface area contributed by atoms with E-state index in [2.05, 4.69) is 15.5 Å². The molecular formula is C12H20ClN3O3. The molecule has 108 valence electrons. The normalized spacial score (nSPS) is 13.4. The Hall–Kier alpha value is -1.30. The van der Waals surface area contributed by atoms with E-state index in [-0.39, 0.29) is 17.8 Å². The topological polar surface area (TPSA) is 77.2 Å². The number of ether oxygens (including phenoxy) is 1. The summed E-state index contributed by atoms with van der Waals surface area (Å²) in [6.45, 7) is 9.29. The highest BCUT2D eigenvalue weighted by Gasteiger charge is 2.26. The Bertz CT molecular complexity index is 426. The highest BCUT2D eigenvalue weighted by atomic mass is 35.5. The van der Waals surface area contributed by atoms with Gasteiger partial charge in [0.1, 0.15) is 11.5 Å². The molecule has 0 spiro atoms. The van der Waals surface area contributed by atoms with Crippen molar-refractivity contribution in [1.29, 1.82) is 0 Å².